The molecule has 0 amide bonds. The summed E-state index contributed by atoms with van der Waals surface area (Å²) >= 11 is 0. The number of hydrogen-bond acceptors (Lipinski definition) is 7. The summed E-state index contributed by atoms with van der Waals surface area (Å²) in [6, 6.07) is 0. The molecule has 0 spiro atoms. The van der Waals surface area contributed by atoms with Crippen LogP contribution in [0.1, 0.15) is 11.3 Å². The number of hydrogen-bond donors (Lipinski definition) is 4. The van der Waals surface area contributed by atoms with Crippen molar-refractivity contribution < 1.29 is 38.7 Å². The van der Waals surface area contributed by atoms with Gasteiger partial charge in [-0.15, -0.1) is 0 Å². The molecule has 1 fully saturated rings. The van der Waals surface area contributed by atoms with E-state index in [0.717, 1.165) is 6.26 Å². The molecular weight excluding hydrogens is 275 g/mol. The van der Waals surface area contributed by atoms with E-state index in [1.54, 1.807) is 6.92 Å². The van der Waals surface area contributed by atoms with Crippen LogP contribution >= 0.6 is 0 Å². The molecule has 8 heteroatoms. The third-order valence-electron chi connectivity index (χ3n) is 3.29. The lowest BCUT2D eigenvalue weighted by molar-refractivity contribution is -0.304. The van der Waals surface area contributed by atoms with Gasteiger partial charge in [-0.2, -0.15) is 0 Å². The fourth-order valence-electron chi connectivity index (χ4n) is 1.99. The molecule has 2 rings (SSSR count). The standard InChI is InChI=1S/C12H17FO7/c1-5-6(7(13)4-18-5)3-19-12-11(17)10(16)9(15)8(2-14)20-12/h4,8-12,14-17H,2-3H2,1H3/t8-,9+,10+,11-,12?/m1/s1. The third kappa shape index (κ3) is 2.85. The lowest BCUT2D eigenvalue weighted by Gasteiger charge is -2.39. The highest BCUT2D eigenvalue weighted by Crippen LogP contribution is 2.24. The van der Waals surface area contributed by atoms with Gasteiger partial charge in [-0.1, -0.05) is 0 Å². The summed E-state index contributed by atoms with van der Waals surface area (Å²) in [4.78, 5) is 0. The topological polar surface area (TPSA) is 113 Å². The minimum Gasteiger partial charge on any atom is -0.466 e. The van der Waals surface area contributed by atoms with Crippen molar-refractivity contribution >= 4 is 0 Å². The minimum absolute atomic E-state index is 0.168. The molecule has 0 radical (unpaired) electrons. The molecule has 1 aromatic rings. The van der Waals surface area contributed by atoms with Gasteiger partial charge in [0.2, 0.25) is 0 Å². The zero-order valence-electron chi connectivity index (χ0n) is 10.8. The van der Waals surface area contributed by atoms with E-state index in [4.69, 9.17) is 19.0 Å². The van der Waals surface area contributed by atoms with E-state index in [0.29, 0.717) is 5.76 Å². The molecule has 0 aliphatic carbocycles. The van der Waals surface area contributed by atoms with Crippen molar-refractivity contribution in [2.45, 2.75) is 44.2 Å². The molecule has 1 aromatic heterocycles. The maximum Gasteiger partial charge on any atom is 0.187 e. The van der Waals surface area contributed by atoms with E-state index in [1.807, 2.05) is 0 Å². The molecule has 0 bridgehead atoms. The van der Waals surface area contributed by atoms with Gasteiger partial charge < -0.3 is 34.3 Å². The van der Waals surface area contributed by atoms with Crippen LogP contribution in [0, 0.1) is 12.7 Å². The van der Waals surface area contributed by atoms with Crippen molar-refractivity contribution in [2.75, 3.05) is 6.61 Å². The van der Waals surface area contributed by atoms with Crippen molar-refractivity contribution in [1.29, 1.82) is 0 Å². The van der Waals surface area contributed by atoms with Crippen molar-refractivity contribution in [3.05, 3.63) is 23.4 Å². The van der Waals surface area contributed by atoms with Crippen molar-refractivity contribution in [1.82, 2.24) is 0 Å². The predicted octanol–water partition coefficient (Wildman–Crippen LogP) is -0.956. The Bertz CT molecular complexity index is 428. The first-order valence-electron chi connectivity index (χ1n) is 6.10. The Labute approximate surface area is 114 Å². The Kier molecular flexibility index (Phi) is 4.74. The third-order valence-corrected chi connectivity index (χ3v) is 3.29. The number of furan rings is 1. The van der Waals surface area contributed by atoms with E-state index in [1.165, 1.54) is 0 Å². The molecule has 5 atom stereocenters. The first kappa shape index (κ1) is 15.4. The molecule has 1 unspecified atom stereocenters. The van der Waals surface area contributed by atoms with Crippen LogP contribution in [0.3, 0.4) is 0 Å². The van der Waals surface area contributed by atoms with Crippen molar-refractivity contribution in [2.24, 2.45) is 0 Å². The molecule has 7 nitrogen and oxygen atoms in total. The summed E-state index contributed by atoms with van der Waals surface area (Å²) in [5.74, 6) is -0.265. The normalized spacial score (nSPS) is 34.4. The molecular formula is C12H17FO7. The lowest BCUT2D eigenvalue weighted by atomic mass is 9.99. The van der Waals surface area contributed by atoms with Crippen LogP contribution in [-0.4, -0.2) is 57.7 Å². The highest BCUT2D eigenvalue weighted by molar-refractivity contribution is 5.16. The van der Waals surface area contributed by atoms with Crippen LogP contribution in [-0.2, 0) is 16.1 Å². The Balaban J connectivity index is 2.01. The number of aryl methyl sites for hydroxylation is 1. The average molecular weight is 292 g/mol. The van der Waals surface area contributed by atoms with Crippen molar-refractivity contribution in [3.8, 4) is 0 Å². The monoisotopic (exact) mass is 292 g/mol. The highest BCUT2D eigenvalue weighted by atomic mass is 19.1. The Hall–Kier alpha value is -1.03. The maximum absolute atomic E-state index is 13.3. The van der Waals surface area contributed by atoms with Gasteiger partial charge in [0.05, 0.1) is 18.8 Å². The second kappa shape index (κ2) is 6.17. The molecule has 1 aliphatic rings. The van der Waals surface area contributed by atoms with E-state index in [-0.39, 0.29) is 12.2 Å². The molecule has 1 aliphatic heterocycles. The number of halogens is 1. The lowest BCUT2D eigenvalue weighted by Crippen LogP contribution is -2.59. The van der Waals surface area contributed by atoms with Gasteiger partial charge in [0.25, 0.3) is 0 Å². The van der Waals surface area contributed by atoms with Crippen LogP contribution in [0.4, 0.5) is 4.39 Å². The summed E-state index contributed by atoms with van der Waals surface area (Å²) in [5, 5.41) is 37.9. The SMILES string of the molecule is Cc1occ(F)c1COC1O[C@H](CO)[C@H](O)[C@H](O)[C@H]1O. The van der Waals surface area contributed by atoms with Crippen LogP contribution in [0.5, 0.6) is 0 Å². The second-order valence-electron chi connectivity index (χ2n) is 4.63. The minimum atomic E-state index is -1.53. The Morgan fingerprint density at radius 2 is 1.95 bits per heavy atom. The number of aliphatic hydroxyl groups is 4. The smallest absolute Gasteiger partial charge is 0.187 e. The van der Waals surface area contributed by atoms with Gasteiger partial charge >= 0.3 is 0 Å². The van der Waals surface area contributed by atoms with E-state index >= 15 is 0 Å². The maximum atomic E-state index is 13.3. The number of rotatable bonds is 4. The highest BCUT2D eigenvalue weighted by Gasteiger charge is 2.44. The van der Waals surface area contributed by atoms with Gasteiger partial charge in [-0.3, -0.25) is 0 Å². The summed E-state index contributed by atoms with van der Waals surface area (Å²) in [7, 11) is 0. The van der Waals surface area contributed by atoms with Gasteiger partial charge in [0.1, 0.15) is 36.4 Å². The average Bonchev–Trinajstić information content (AvgIpc) is 2.75. The fraction of sp³-hybridized carbons (Fsp3) is 0.667. The Morgan fingerprint density at radius 3 is 2.50 bits per heavy atom. The zero-order chi connectivity index (χ0) is 14.9. The van der Waals surface area contributed by atoms with E-state index in [2.05, 4.69) is 0 Å². The van der Waals surface area contributed by atoms with Gasteiger partial charge in [-0.05, 0) is 6.92 Å². The quantitative estimate of drug-likeness (QED) is 0.565. The fourth-order valence-corrected chi connectivity index (χ4v) is 1.99. The summed E-state index contributed by atoms with van der Waals surface area (Å²) < 4.78 is 28.5. The molecule has 20 heavy (non-hydrogen) atoms. The van der Waals surface area contributed by atoms with Crippen LogP contribution in [0.2, 0.25) is 0 Å². The summed E-state index contributed by atoms with van der Waals surface area (Å²) in [6.45, 7) is 0.760. The van der Waals surface area contributed by atoms with Crippen LogP contribution in [0.15, 0.2) is 10.7 Å². The number of ether oxygens (including phenoxy) is 2. The van der Waals surface area contributed by atoms with Gasteiger partial charge in [0, 0.05) is 0 Å². The summed E-state index contributed by atoms with van der Waals surface area (Å²) in [5.41, 5.74) is 0.168. The van der Waals surface area contributed by atoms with Crippen molar-refractivity contribution in [3.63, 3.8) is 0 Å². The molecule has 0 aromatic carbocycles. The van der Waals surface area contributed by atoms with Crippen LogP contribution < -0.4 is 0 Å². The number of aliphatic hydroxyl groups excluding tert-OH is 4. The summed E-state index contributed by atoms with van der Waals surface area (Å²) in [6.07, 6.45) is -5.92. The van der Waals surface area contributed by atoms with E-state index in [9.17, 15) is 19.7 Å². The van der Waals surface area contributed by atoms with Gasteiger partial charge in [-0.25, -0.2) is 4.39 Å². The Morgan fingerprint density at radius 1 is 1.25 bits per heavy atom. The zero-order valence-corrected chi connectivity index (χ0v) is 10.8. The second-order valence-corrected chi connectivity index (χ2v) is 4.63. The molecule has 0 saturated carbocycles. The molecule has 2 heterocycles. The van der Waals surface area contributed by atoms with Gasteiger partial charge in [0.15, 0.2) is 12.1 Å². The predicted molar refractivity (Wildman–Crippen MR) is 62.0 cm³/mol. The first-order chi connectivity index (χ1) is 9.45. The van der Waals surface area contributed by atoms with E-state index < -0.39 is 43.1 Å². The van der Waals surface area contributed by atoms with Crippen LogP contribution in [0.25, 0.3) is 0 Å². The molecule has 1 saturated heterocycles. The molecule has 114 valence electrons. The largest absolute Gasteiger partial charge is 0.466 e. The molecule has 4 N–H and O–H groups in total. The first-order valence-corrected chi connectivity index (χ1v) is 6.10.